The average Bonchev–Trinajstić information content (AvgIpc) is 3.18. The van der Waals surface area contributed by atoms with E-state index in [1.54, 1.807) is 12.1 Å². The van der Waals surface area contributed by atoms with E-state index in [0.29, 0.717) is 11.5 Å². The van der Waals surface area contributed by atoms with Crippen molar-refractivity contribution in [1.29, 1.82) is 0 Å². The summed E-state index contributed by atoms with van der Waals surface area (Å²) in [6.07, 6.45) is -0.0704. The highest BCUT2D eigenvalue weighted by molar-refractivity contribution is 5.81. The number of esters is 1. The minimum absolute atomic E-state index is 0.0704. The van der Waals surface area contributed by atoms with Crippen molar-refractivity contribution >= 4 is 17.8 Å². The number of hydrogen-bond donors (Lipinski definition) is 2. The maximum atomic E-state index is 12.1. The van der Waals surface area contributed by atoms with E-state index >= 15 is 0 Å². The highest BCUT2D eigenvalue weighted by Gasteiger charge is 2.19. The highest BCUT2D eigenvalue weighted by Crippen LogP contribution is 2.32. The second-order valence-electron chi connectivity index (χ2n) is 6.49. The molecule has 1 atom stereocenters. The Labute approximate surface area is 168 Å². The second-order valence-corrected chi connectivity index (χ2v) is 6.49. The first-order valence-electron chi connectivity index (χ1n) is 9.14. The summed E-state index contributed by atoms with van der Waals surface area (Å²) in [5, 5.41) is 5.40. The van der Waals surface area contributed by atoms with Crippen LogP contribution in [0.1, 0.15) is 30.5 Å². The second kappa shape index (κ2) is 9.59. The molecule has 29 heavy (non-hydrogen) atoms. The fraction of sp³-hybridized carbons (Fsp3) is 0.286. The average molecular weight is 398 g/mol. The molecule has 0 fully saturated rings. The Balaban J connectivity index is 1.45. The van der Waals surface area contributed by atoms with Crippen LogP contribution in [0.3, 0.4) is 0 Å². The molecule has 152 valence electrons. The molecule has 1 heterocycles. The lowest BCUT2D eigenvalue weighted by Crippen LogP contribution is -2.31. The Kier molecular flexibility index (Phi) is 6.67. The predicted octanol–water partition coefficient (Wildman–Crippen LogP) is 1.84. The van der Waals surface area contributed by atoms with Crippen molar-refractivity contribution in [3.63, 3.8) is 0 Å². The van der Waals surface area contributed by atoms with E-state index in [2.05, 4.69) is 10.6 Å². The molecule has 0 saturated carbocycles. The summed E-state index contributed by atoms with van der Waals surface area (Å²) in [6.45, 7) is 1.44. The van der Waals surface area contributed by atoms with Crippen LogP contribution < -0.4 is 20.1 Å². The van der Waals surface area contributed by atoms with Gasteiger partial charge in [-0.3, -0.25) is 14.4 Å². The first kappa shape index (κ1) is 20.2. The predicted molar refractivity (Wildman–Crippen MR) is 103 cm³/mol. The van der Waals surface area contributed by atoms with Crippen LogP contribution in [0, 0.1) is 0 Å². The fourth-order valence-corrected chi connectivity index (χ4v) is 2.86. The summed E-state index contributed by atoms with van der Waals surface area (Å²) in [7, 11) is 0. The summed E-state index contributed by atoms with van der Waals surface area (Å²) in [5.74, 6) is 0.0417. The molecule has 2 N–H and O–H groups in total. The van der Waals surface area contributed by atoms with Gasteiger partial charge in [-0.2, -0.15) is 0 Å². The molecule has 2 amide bonds. The minimum atomic E-state index is -0.578. The number of fused-ring (bicyclic) bond motifs is 1. The molecule has 8 heteroatoms. The lowest BCUT2D eigenvalue weighted by atomic mass is 10.0. The van der Waals surface area contributed by atoms with Crippen molar-refractivity contribution in [1.82, 2.24) is 10.6 Å². The van der Waals surface area contributed by atoms with Gasteiger partial charge in [0.05, 0.1) is 12.5 Å². The van der Waals surface area contributed by atoms with Gasteiger partial charge in [0, 0.05) is 13.5 Å². The highest BCUT2D eigenvalue weighted by atomic mass is 16.7. The lowest BCUT2D eigenvalue weighted by Gasteiger charge is -2.17. The van der Waals surface area contributed by atoms with Gasteiger partial charge in [-0.25, -0.2) is 0 Å². The van der Waals surface area contributed by atoms with Gasteiger partial charge in [-0.1, -0.05) is 36.4 Å². The zero-order valence-electron chi connectivity index (χ0n) is 16.0. The van der Waals surface area contributed by atoms with Crippen molar-refractivity contribution in [2.75, 3.05) is 13.4 Å². The number of carbonyl (C=O) groups excluding carboxylic acids is 3. The Morgan fingerprint density at radius 2 is 1.83 bits per heavy atom. The van der Waals surface area contributed by atoms with Crippen molar-refractivity contribution in [2.45, 2.75) is 25.9 Å². The van der Waals surface area contributed by atoms with Crippen molar-refractivity contribution in [3.8, 4) is 11.5 Å². The van der Waals surface area contributed by atoms with Gasteiger partial charge < -0.3 is 24.8 Å². The summed E-state index contributed by atoms with van der Waals surface area (Å²) < 4.78 is 15.6. The first-order valence-corrected chi connectivity index (χ1v) is 9.14. The largest absolute Gasteiger partial charge is 0.456 e. The first-order chi connectivity index (χ1) is 14.0. The van der Waals surface area contributed by atoms with E-state index in [1.807, 2.05) is 36.4 Å². The third-order valence-electron chi connectivity index (χ3n) is 4.24. The molecule has 2 aromatic carbocycles. The third kappa shape index (κ3) is 5.97. The number of nitrogens with one attached hydrogen (secondary N) is 2. The van der Waals surface area contributed by atoms with Gasteiger partial charge in [0.1, 0.15) is 0 Å². The molecule has 1 aliphatic rings. The van der Waals surface area contributed by atoms with Crippen LogP contribution in [0.5, 0.6) is 11.5 Å². The van der Waals surface area contributed by atoms with E-state index in [4.69, 9.17) is 14.2 Å². The standard InChI is InChI=1S/C21H22N2O6/c1-14(24)23-17(16-5-3-2-4-6-16)10-21(26)27-12-20(25)22-11-15-7-8-18-19(9-15)29-13-28-18/h2-9,17H,10-13H2,1H3,(H,22,25)(H,23,24)/t17-/m0/s1. The smallest absolute Gasteiger partial charge is 0.308 e. The number of benzene rings is 2. The number of rotatable bonds is 8. The van der Waals surface area contributed by atoms with Crippen LogP contribution in [0.15, 0.2) is 48.5 Å². The van der Waals surface area contributed by atoms with E-state index < -0.39 is 24.5 Å². The zero-order valence-corrected chi connectivity index (χ0v) is 16.0. The van der Waals surface area contributed by atoms with Crippen molar-refractivity contribution in [2.24, 2.45) is 0 Å². The summed E-state index contributed by atoms with van der Waals surface area (Å²) in [6, 6.07) is 14.0. The normalized spacial score (nSPS) is 12.7. The maximum absolute atomic E-state index is 12.1. The quantitative estimate of drug-likeness (QED) is 0.658. The van der Waals surface area contributed by atoms with Crippen LogP contribution in [0.25, 0.3) is 0 Å². The molecule has 0 saturated heterocycles. The molecule has 0 aromatic heterocycles. The SMILES string of the molecule is CC(=O)N[C@@H](CC(=O)OCC(=O)NCc1ccc2c(c1)OCO2)c1ccccc1. The summed E-state index contributed by atoms with van der Waals surface area (Å²) >= 11 is 0. The minimum Gasteiger partial charge on any atom is -0.456 e. The van der Waals surface area contributed by atoms with Gasteiger partial charge in [0.25, 0.3) is 5.91 Å². The molecular weight excluding hydrogens is 376 g/mol. The molecular formula is C21H22N2O6. The molecule has 8 nitrogen and oxygen atoms in total. The summed E-state index contributed by atoms with van der Waals surface area (Å²) in [5.41, 5.74) is 1.62. The van der Waals surface area contributed by atoms with Gasteiger partial charge in [0.15, 0.2) is 18.1 Å². The molecule has 0 aliphatic carbocycles. The zero-order chi connectivity index (χ0) is 20.6. The third-order valence-corrected chi connectivity index (χ3v) is 4.24. The molecule has 2 aromatic rings. The van der Waals surface area contributed by atoms with Crippen LogP contribution in [-0.4, -0.2) is 31.2 Å². The Morgan fingerprint density at radius 1 is 1.07 bits per heavy atom. The van der Waals surface area contributed by atoms with Gasteiger partial charge in [0.2, 0.25) is 12.7 Å². The molecule has 0 spiro atoms. The Bertz CT molecular complexity index is 884. The van der Waals surface area contributed by atoms with Gasteiger partial charge in [-0.15, -0.1) is 0 Å². The monoisotopic (exact) mass is 398 g/mol. The van der Waals surface area contributed by atoms with E-state index in [9.17, 15) is 14.4 Å². The van der Waals surface area contributed by atoms with E-state index in [1.165, 1.54) is 6.92 Å². The van der Waals surface area contributed by atoms with Crippen LogP contribution in [0.4, 0.5) is 0 Å². The van der Waals surface area contributed by atoms with Crippen LogP contribution in [0.2, 0.25) is 0 Å². The van der Waals surface area contributed by atoms with Gasteiger partial charge >= 0.3 is 5.97 Å². The summed E-state index contributed by atoms with van der Waals surface area (Å²) in [4.78, 5) is 35.5. The van der Waals surface area contributed by atoms with Crippen LogP contribution in [-0.2, 0) is 25.7 Å². The fourth-order valence-electron chi connectivity index (χ4n) is 2.86. The lowest BCUT2D eigenvalue weighted by molar-refractivity contribution is -0.149. The number of amides is 2. The molecule has 0 radical (unpaired) electrons. The molecule has 1 aliphatic heterocycles. The van der Waals surface area contributed by atoms with Crippen LogP contribution >= 0.6 is 0 Å². The van der Waals surface area contributed by atoms with Crippen molar-refractivity contribution < 1.29 is 28.6 Å². The molecule has 3 rings (SSSR count). The Morgan fingerprint density at radius 3 is 2.59 bits per heavy atom. The van der Waals surface area contributed by atoms with E-state index in [0.717, 1.165) is 11.1 Å². The van der Waals surface area contributed by atoms with Gasteiger partial charge in [-0.05, 0) is 23.3 Å². The molecule has 0 unspecified atom stereocenters. The maximum Gasteiger partial charge on any atom is 0.308 e. The number of hydrogen-bond acceptors (Lipinski definition) is 6. The molecule has 0 bridgehead atoms. The number of ether oxygens (including phenoxy) is 3. The Hall–Kier alpha value is -3.55. The number of carbonyl (C=O) groups is 3. The van der Waals surface area contributed by atoms with Crippen molar-refractivity contribution in [3.05, 3.63) is 59.7 Å². The van der Waals surface area contributed by atoms with E-state index in [-0.39, 0.29) is 25.7 Å². The topological polar surface area (TPSA) is 103 Å².